The van der Waals surface area contributed by atoms with E-state index >= 15 is 0 Å². The van der Waals surface area contributed by atoms with Gasteiger partial charge in [-0.3, -0.25) is 4.79 Å². The number of rotatable bonds is 8. The van der Waals surface area contributed by atoms with Gasteiger partial charge in [0, 0.05) is 6.61 Å². The Morgan fingerprint density at radius 2 is 2.29 bits per heavy atom. The molecule has 0 aliphatic carbocycles. The van der Waals surface area contributed by atoms with Gasteiger partial charge in [-0.25, -0.2) is 0 Å². The third-order valence-corrected chi connectivity index (χ3v) is 1.95. The van der Waals surface area contributed by atoms with Gasteiger partial charge >= 0.3 is 5.97 Å². The van der Waals surface area contributed by atoms with Gasteiger partial charge in [0.25, 0.3) is 0 Å². The fourth-order valence-corrected chi connectivity index (χ4v) is 1.07. The molecule has 0 aliphatic rings. The molecule has 3 heteroatoms. The molecule has 0 N–H and O–H groups in total. The molecule has 0 aliphatic heterocycles. The number of esters is 1. The fourth-order valence-electron chi connectivity index (χ4n) is 1.07. The molecule has 82 valence electrons. The van der Waals surface area contributed by atoms with Crippen LogP contribution >= 0.6 is 0 Å². The Balaban J connectivity index is 3.72. The Bertz CT molecular complexity index is 166. The average Bonchev–Trinajstić information content (AvgIpc) is 2.21. The summed E-state index contributed by atoms with van der Waals surface area (Å²) in [6, 6.07) is 0. The van der Waals surface area contributed by atoms with E-state index < -0.39 is 0 Å². The minimum Gasteiger partial charge on any atom is -0.469 e. The van der Waals surface area contributed by atoms with Gasteiger partial charge in [-0.1, -0.05) is 19.4 Å². The number of carbonyl (C=O) groups is 1. The van der Waals surface area contributed by atoms with E-state index in [0.29, 0.717) is 19.6 Å². The normalized spacial score (nSPS) is 12.1. The maximum Gasteiger partial charge on any atom is 0.311 e. The average molecular weight is 200 g/mol. The molecule has 1 atom stereocenters. The minimum absolute atomic E-state index is 0.200. The van der Waals surface area contributed by atoms with Crippen molar-refractivity contribution in [3.8, 4) is 0 Å². The molecular formula is C11H20O3. The predicted octanol–water partition coefficient (Wildman–Crippen LogP) is 2.17. The van der Waals surface area contributed by atoms with Gasteiger partial charge in [-0.2, -0.15) is 0 Å². The first-order valence-electron chi connectivity index (χ1n) is 5.02. The number of hydrogen-bond acceptors (Lipinski definition) is 3. The summed E-state index contributed by atoms with van der Waals surface area (Å²) in [6.45, 7) is 6.84. The lowest BCUT2D eigenvalue weighted by molar-refractivity contribution is -0.147. The van der Waals surface area contributed by atoms with E-state index in [1.807, 2.05) is 0 Å². The van der Waals surface area contributed by atoms with Crippen molar-refractivity contribution in [1.29, 1.82) is 0 Å². The van der Waals surface area contributed by atoms with E-state index in [2.05, 4.69) is 18.2 Å². The van der Waals surface area contributed by atoms with E-state index in [0.717, 1.165) is 12.8 Å². The van der Waals surface area contributed by atoms with Crippen LogP contribution < -0.4 is 0 Å². The highest BCUT2D eigenvalue weighted by Crippen LogP contribution is 2.07. The quantitative estimate of drug-likeness (QED) is 0.342. The summed E-state index contributed by atoms with van der Waals surface area (Å²) in [6.07, 6.45) is 4.45. The first kappa shape index (κ1) is 13.2. The Morgan fingerprint density at radius 3 is 2.79 bits per heavy atom. The maximum absolute atomic E-state index is 11.2. The van der Waals surface area contributed by atoms with Crippen molar-refractivity contribution in [3.05, 3.63) is 12.7 Å². The zero-order chi connectivity index (χ0) is 10.8. The molecule has 0 amide bonds. The summed E-state index contributed by atoms with van der Waals surface area (Å²) < 4.78 is 10.0. The molecule has 0 spiro atoms. The van der Waals surface area contributed by atoms with Gasteiger partial charge in [0.2, 0.25) is 0 Å². The van der Waals surface area contributed by atoms with Crippen molar-refractivity contribution in [2.75, 3.05) is 20.3 Å². The van der Waals surface area contributed by atoms with Crippen molar-refractivity contribution in [2.24, 2.45) is 5.92 Å². The molecule has 0 rings (SSSR count). The molecule has 0 aromatic heterocycles. The Hall–Kier alpha value is -0.830. The SMILES string of the molecule is C=CCC(COCCCC)C(=O)OC. The number of unbranched alkanes of at least 4 members (excludes halogenated alkanes) is 1. The third-order valence-electron chi connectivity index (χ3n) is 1.95. The highest BCUT2D eigenvalue weighted by molar-refractivity contribution is 5.72. The molecule has 1 unspecified atom stereocenters. The van der Waals surface area contributed by atoms with Crippen LogP contribution in [-0.4, -0.2) is 26.3 Å². The highest BCUT2D eigenvalue weighted by atomic mass is 16.5. The molecule has 0 saturated carbocycles. The van der Waals surface area contributed by atoms with Gasteiger partial charge in [-0.05, 0) is 12.8 Å². The van der Waals surface area contributed by atoms with Crippen LogP contribution in [0.15, 0.2) is 12.7 Å². The van der Waals surface area contributed by atoms with Crippen LogP contribution in [-0.2, 0) is 14.3 Å². The summed E-state index contributed by atoms with van der Waals surface area (Å²) in [5, 5.41) is 0. The summed E-state index contributed by atoms with van der Waals surface area (Å²) in [7, 11) is 1.39. The van der Waals surface area contributed by atoms with Gasteiger partial charge in [0.1, 0.15) is 0 Å². The lowest BCUT2D eigenvalue weighted by Crippen LogP contribution is -2.21. The molecule has 0 radical (unpaired) electrons. The number of methoxy groups -OCH3 is 1. The second-order valence-electron chi connectivity index (χ2n) is 3.17. The smallest absolute Gasteiger partial charge is 0.311 e. The number of ether oxygens (including phenoxy) is 2. The maximum atomic E-state index is 11.2. The monoisotopic (exact) mass is 200 g/mol. The molecule has 0 saturated heterocycles. The number of hydrogen-bond donors (Lipinski definition) is 0. The van der Waals surface area contributed by atoms with Crippen molar-refractivity contribution in [3.63, 3.8) is 0 Å². The zero-order valence-corrected chi connectivity index (χ0v) is 9.12. The zero-order valence-electron chi connectivity index (χ0n) is 9.12. The molecule has 0 aromatic rings. The van der Waals surface area contributed by atoms with Crippen LogP contribution in [0, 0.1) is 5.92 Å². The van der Waals surface area contributed by atoms with Crippen molar-refractivity contribution in [1.82, 2.24) is 0 Å². The van der Waals surface area contributed by atoms with Crippen LogP contribution in [0.4, 0.5) is 0 Å². The van der Waals surface area contributed by atoms with Gasteiger partial charge in [0.15, 0.2) is 0 Å². The molecule has 0 bridgehead atoms. The molecule has 0 aromatic carbocycles. The van der Waals surface area contributed by atoms with Crippen molar-refractivity contribution < 1.29 is 14.3 Å². The van der Waals surface area contributed by atoms with Gasteiger partial charge in [-0.15, -0.1) is 6.58 Å². The standard InChI is InChI=1S/C11H20O3/c1-4-6-8-14-9-10(7-5-2)11(12)13-3/h5,10H,2,4,6-9H2,1,3H3. The summed E-state index contributed by atoms with van der Waals surface area (Å²) in [4.78, 5) is 11.2. The third kappa shape index (κ3) is 5.75. The topological polar surface area (TPSA) is 35.5 Å². The molecule has 0 fully saturated rings. The lowest BCUT2D eigenvalue weighted by Gasteiger charge is -2.12. The Kier molecular flexibility index (Phi) is 8.24. The van der Waals surface area contributed by atoms with Crippen molar-refractivity contribution >= 4 is 5.97 Å². The largest absolute Gasteiger partial charge is 0.469 e. The lowest BCUT2D eigenvalue weighted by atomic mass is 10.1. The van der Waals surface area contributed by atoms with Crippen LogP contribution in [0.3, 0.4) is 0 Å². The van der Waals surface area contributed by atoms with E-state index in [4.69, 9.17) is 4.74 Å². The summed E-state index contributed by atoms with van der Waals surface area (Å²) >= 11 is 0. The molecule has 14 heavy (non-hydrogen) atoms. The van der Waals surface area contributed by atoms with Crippen LogP contribution in [0.2, 0.25) is 0 Å². The van der Waals surface area contributed by atoms with E-state index in [1.165, 1.54) is 7.11 Å². The predicted molar refractivity (Wildman–Crippen MR) is 56.0 cm³/mol. The van der Waals surface area contributed by atoms with Crippen LogP contribution in [0.25, 0.3) is 0 Å². The summed E-state index contributed by atoms with van der Waals surface area (Å²) in [5.41, 5.74) is 0. The van der Waals surface area contributed by atoms with Crippen molar-refractivity contribution in [2.45, 2.75) is 26.2 Å². The first-order chi connectivity index (χ1) is 6.76. The number of carbonyl (C=O) groups excluding carboxylic acids is 1. The molecule has 0 heterocycles. The van der Waals surface area contributed by atoms with Crippen LogP contribution in [0.1, 0.15) is 26.2 Å². The van der Waals surface area contributed by atoms with Gasteiger partial charge in [0.05, 0.1) is 19.6 Å². The molecular weight excluding hydrogens is 180 g/mol. The first-order valence-corrected chi connectivity index (χ1v) is 5.02. The van der Waals surface area contributed by atoms with Gasteiger partial charge < -0.3 is 9.47 Å². The van der Waals surface area contributed by atoms with E-state index in [9.17, 15) is 4.79 Å². The van der Waals surface area contributed by atoms with Crippen LogP contribution in [0.5, 0.6) is 0 Å². The summed E-state index contributed by atoms with van der Waals surface area (Å²) in [5.74, 6) is -0.421. The Labute approximate surface area is 86.1 Å². The second kappa shape index (κ2) is 8.75. The minimum atomic E-state index is -0.221. The fraction of sp³-hybridized carbons (Fsp3) is 0.727. The van der Waals surface area contributed by atoms with E-state index in [1.54, 1.807) is 6.08 Å². The Morgan fingerprint density at radius 1 is 1.57 bits per heavy atom. The number of allylic oxidation sites excluding steroid dienone is 1. The second-order valence-corrected chi connectivity index (χ2v) is 3.17. The molecule has 3 nitrogen and oxygen atoms in total. The van der Waals surface area contributed by atoms with E-state index in [-0.39, 0.29) is 11.9 Å². The highest BCUT2D eigenvalue weighted by Gasteiger charge is 2.17.